The second kappa shape index (κ2) is 6.16. The van der Waals surface area contributed by atoms with Gasteiger partial charge < -0.3 is 0 Å². The number of halogens is 1. The number of thiophene rings is 1. The Morgan fingerprint density at radius 1 is 1.27 bits per heavy atom. The fourth-order valence-electron chi connectivity index (χ4n) is 2.57. The molecular weight excluding hydrogens is 380 g/mol. The molecule has 0 aliphatic carbocycles. The van der Waals surface area contributed by atoms with E-state index in [0.29, 0.717) is 0 Å². The van der Waals surface area contributed by atoms with E-state index in [-0.39, 0.29) is 0 Å². The molecule has 22 heavy (non-hydrogen) atoms. The topological polar surface area (TPSA) is 41.9 Å². The van der Waals surface area contributed by atoms with Crippen LogP contribution in [0.25, 0.3) is 10.7 Å². The minimum Gasteiger partial charge on any atom is -0.290 e. The van der Waals surface area contributed by atoms with Crippen molar-refractivity contribution < 1.29 is 0 Å². The van der Waals surface area contributed by atoms with Gasteiger partial charge in [0, 0.05) is 24.7 Å². The van der Waals surface area contributed by atoms with Gasteiger partial charge in [-0.15, -0.1) is 22.7 Å². The average Bonchev–Trinajstić information content (AvgIpc) is 3.18. The van der Waals surface area contributed by atoms with Crippen molar-refractivity contribution in [3.63, 3.8) is 0 Å². The Kier molecular flexibility index (Phi) is 4.04. The first-order valence-electron chi connectivity index (χ1n) is 6.99. The Labute approximate surface area is 145 Å². The van der Waals surface area contributed by atoms with Gasteiger partial charge >= 0.3 is 0 Å². The van der Waals surface area contributed by atoms with Crippen LogP contribution in [0, 0.1) is 0 Å². The summed E-state index contributed by atoms with van der Waals surface area (Å²) in [7, 11) is 0. The van der Waals surface area contributed by atoms with Crippen molar-refractivity contribution >= 4 is 38.6 Å². The van der Waals surface area contributed by atoms with E-state index in [4.69, 9.17) is 4.98 Å². The number of nitrogens with zero attached hydrogens (tertiary/aromatic N) is 4. The molecule has 0 amide bonds. The predicted molar refractivity (Wildman–Crippen MR) is 93.0 cm³/mol. The monoisotopic (exact) mass is 392 g/mol. The summed E-state index contributed by atoms with van der Waals surface area (Å²) in [5.41, 5.74) is 2.43. The van der Waals surface area contributed by atoms with Crippen LogP contribution >= 0.6 is 38.6 Å². The molecule has 0 N–H and O–H groups in total. The van der Waals surface area contributed by atoms with Crippen molar-refractivity contribution in [2.75, 3.05) is 6.54 Å². The molecule has 0 saturated carbocycles. The molecule has 0 fully saturated rings. The first kappa shape index (κ1) is 14.4. The number of thiazole rings is 1. The van der Waals surface area contributed by atoms with Gasteiger partial charge in [0.15, 0.2) is 5.82 Å². The van der Waals surface area contributed by atoms with Crippen LogP contribution < -0.4 is 0 Å². The predicted octanol–water partition coefficient (Wildman–Crippen LogP) is 3.98. The highest BCUT2D eigenvalue weighted by molar-refractivity contribution is 9.10. The van der Waals surface area contributed by atoms with Crippen LogP contribution in [0.1, 0.15) is 16.3 Å². The minimum absolute atomic E-state index is 0.840. The van der Waals surface area contributed by atoms with E-state index in [1.165, 1.54) is 5.56 Å². The molecule has 0 unspecified atom stereocenters. The number of aromatic nitrogens is 3. The molecule has 4 rings (SSSR count). The standard InChI is InChI=1S/C15H13BrN4S2/c16-13-9-22-14(19-13)8-20-4-3-10-6-17-15(18-11(10)7-20)12-2-1-5-21-12/h1-2,5-6,9H,3-4,7-8H2. The largest absolute Gasteiger partial charge is 0.290 e. The molecular formula is C15H13BrN4S2. The summed E-state index contributed by atoms with van der Waals surface area (Å²) in [6, 6.07) is 4.11. The molecule has 3 aromatic heterocycles. The molecule has 0 spiro atoms. The number of hydrogen-bond acceptors (Lipinski definition) is 6. The van der Waals surface area contributed by atoms with E-state index >= 15 is 0 Å². The zero-order chi connectivity index (χ0) is 14.9. The summed E-state index contributed by atoms with van der Waals surface area (Å²) in [6.45, 7) is 2.79. The van der Waals surface area contributed by atoms with E-state index in [1.54, 1.807) is 22.7 Å². The first-order chi connectivity index (χ1) is 10.8. The number of rotatable bonds is 3. The van der Waals surface area contributed by atoms with E-state index in [1.807, 2.05) is 17.6 Å². The van der Waals surface area contributed by atoms with Gasteiger partial charge in [0.25, 0.3) is 0 Å². The van der Waals surface area contributed by atoms with Crippen molar-refractivity contribution in [3.05, 3.63) is 50.0 Å². The first-order valence-corrected chi connectivity index (χ1v) is 9.54. The molecule has 4 nitrogen and oxygen atoms in total. The molecule has 7 heteroatoms. The molecule has 0 bridgehead atoms. The third kappa shape index (κ3) is 2.99. The Bertz CT molecular complexity index is 785. The summed E-state index contributed by atoms with van der Waals surface area (Å²) in [6.07, 6.45) is 3.00. The van der Waals surface area contributed by atoms with Gasteiger partial charge in [-0.05, 0) is 39.4 Å². The Morgan fingerprint density at radius 2 is 2.23 bits per heavy atom. The van der Waals surface area contributed by atoms with E-state index in [0.717, 1.165) is 52.1 Å². The zero-order valence-electron chi connectivity index (χ0n) is 11.7. The van der Waals surface area contributed by atoms with Gasteiger partial charge in [-0.1, -0.05) is 6.07 Å². The summed E-state index contributed by atoms with van der Waals surface area (Å²) in [5, 5.41) is 5.23. The summed E-state index contributed by atoms with van der Waals surface area (Å²) in [5.74, 6) is 0.840. The molecule has 0 atom stereocenters. The van der Waals surface area contributed by atoms with Crippen LogP contribution in [0.2, 0.25) is 0 Å². The molecule has 1 aliphatic heterocycles. The van der Waals surface area contributed by atoms with Gasteiger partial charge in [-0.2, -0.15) is 0 Å². The third-order valence-corrected chi connectivity index (χ3v) is 6.06. The SMILES string of the molecule is Brc1csc(CN2CCc3cnc(-c4cccs4)nc3C2)n1. The maximum Gasteiger partial charge on any atom is 0.169 e. The number of hydrogen-bond donors (Lipinski definition) is 0. The maximum atomic E-state index is 4.78. The highest BCUT2D eigenvalue weighted by Gasteiger charge is 2.20. The van der Waals surface area contributed by atoms with E-state index < -0.39 is 0 Å². The highest BCUT2D eigenvalue weighted by Crippen LogP contribution is 2.25. The highest BCUT2D eigenvalue weighted by atomic mass is 79.9. The second-order valence-electron chi connectivity index (χ2n) is 5.17. The van der Waals surface area contributed by atoms with Crippen molar-refractivity contribution in [2.45, 2.75) is 19.5 Å². The van der Waals surface area contributed by atoms with E-state index in [9.17, 15) is 0 Å². The lowest BCUT2D eigenvalue weighted by Crippen LogP contribution is -2.31. The zero-order valence-corrected chi connectivity index (χ0v) is 14.9. The summed E-state index contributed by atoms with van der Waals surface area (Å²) >= 11 is 6.79. The Balaban J connectivity index is 1.55. The van der Waals surface area contributed by atoms with Crippen LogP contribution in [-0.2, 0) is 19.5 Å². The molecule has 112 valence electrons. The van der Waals surface area contributed by atoms with Gasteiger partial charge in [0.05, 0.1) is 17.1 Å². The van der Waals surface area contributed by atoms with Crippen molar-refractivity contribution in [3.8, 4) is 10.7 Å². The molecule has 4 heterocycles. The molecule has 0 aromatic carbocycles. The molecule has 3 aromatic rings. The van der Waals surface area contributed by atoms with Gasteiger partial charge in [-0.3, -0.25) is 4.90 Å². The fraction of sp³-hybridized carbons (Fsp3) is 0.267. The molecule has 0 radical (unpaired) electrons. The van der Waals surface area contributed by atoms with Crippen LogP contribution in [0.5, 0.6) is 0 Å². The van der Waals surface area contributed by atoms with Crippen LogP contribution in [0.3, 0.4) is 0 Å². The lowest BCUT2D eigenvalue weighted by Gasteiger charge is -2.27. The van der Waals surface area contributed by atoms with Crippen molar-refractivity contribution in [1.29, 1.82) is 0 Å². The fourth-order valence-corrected chi connectivity index (χ4v) is 4.54. The Morgan fingerprint density at radius 3 is 3.00 bits per heavy atom. The van der Waals surface area contributed by atoms with Crippen molar-refractivity contribution in [1.82, 2.24) is 19.9 Å². The van der Waals surface area contributed by atoms with Gasteiger partial charge in [-0.25, -0.2) is 15.0 Å². The summed E-state index contributed by atoms with van der Waals surface area (Å²) in [4.78, 5) is 17.3. The van der Waals surface area contributed by atoms with E-state index in [2.05, 4.69) is 42.2 Å². The normalized spacial score (nSPS) is 15.0. The minimum atomic E-state index is 0.840. The van der Waals surface area contributed by atoms with Crippen molar-refractivity contribution in [2.24, 2.45) is 0 Å². The van der Waals surface area contributed by atoms with Crippen LogP contribution in [0.4, 0.5) is 0 Å². The maximum absolute atomic E-state index is 4.78. The van der Waals surface area contributed by atoms with Gasteiger partial charge in [0.2, 0.25) is 0 Å². The Hall–Kier alpha value is -1.15. The molecule has 1 aliphatic rings. The van der Waals surface area contributed by atoms with Gasteiger partial charge in [0.1, 0.15) is 9.61 Å². The quantitative estimate of drug-likeness (QED) is 0.675. The molecule has 0 saturated heterocycles. The average molecular weight is 393 g/mol. The number of fused-ring (bicyclic) bond motifs is 1. The smallest absolute Gasteiger partial charge is 0.169 e. The van der Waals surface area contributed by atoms with Crippen LogP contribution in [0.15, 0.2) is 33.7 Å². The third-order valence-electron chi connectivity index (χ3n) is 3.65. The summed E-state index contributed by atoms with van der Waals surface area (Å²) < 4.78 is 0.923. The van der Waals surface area contributed by atoms with Crippen LogP contribution in [-0.4, -0.2) is 26.4 Å². The lowest BCUT2D eigenvalue weighted by molar-refractivity contribution is 0.241. The lowest BCUT2D eigenvalue weighted by atomic mass is 10.1. The second-order valence-corrected chi connectivity index (χ2v) is 7.87.